The summed E-state index contributed by atoms with van der Waals surface area (Å²) in [6, 6.07) is 0. The van der Waals surface area contributed by atoms with Crippen molar-refractivity contribution in [2.24, 2.45) is 17.8 Å². The minimum atomic E-state index is -0.916. The third kappa shape index (κ3) is 4.21. The van der Waals surface area contributed by atoms with Crippen molar-refractivity contribution in [3.63, 3.8) is 0 Å². The Bertz CT molecular complexity index is 261. The third-order valence-electron chi connectivity index (χ3n) is 3.34. The zero-order valence-electron chi connectivity index (χ0n) is 10.0. The zero-order valence-corrected chi connectivity index (χ0v) is 10.0. The van der Waals surface area contributed by atoms with Crippen molar-refractivity contribution in [3.8, 4) is 0 Å². The fraction of sp³-hybridized carbons (Fsp3) is 0.833. The first-order valence-corrected chi connectivity index (χ1v) is 6.03. The Labute approximate surface area is 96.4 Å². The van der Waals surface area contributed by atoms with Crippen LogP contribution < -0.4 is 5.32 Å². The van der Waals surface area contributed by atoms with Gasteiger partial charge in [-0.05, 0) is 18.8 Å². The molecule has 1 fully saturated rings. The van der Waals surface area contributed by atoms with E-state index < -0.39 is 17.8 Å². The lowest BCUT2D eigenvalue weighted by Gasteiger charge is -2.15. The molecule has 0 aromatic heterocycles. The summed E-state index contributed by atoms with van der Waals surface area (Å²) in [5.41, 5.74) is 0. The molecule has 2 unspecified atom stereocenters. The predicted octanol–water partition coefficient (Wildman–Crippen LogP) is 1.65. The highest BCUT2D eigenvalue weighted by molar-refractivity contribution is 5.84. The van der Waals surface area contributed by atoms with Gasteiger partial charge in [-0.1, -0.05) is 26.7 Å². The van der Waals surface area contributed by atoms with Crippen molar-refractivity contribution in [1.82, 2.24) is 5.32 Å². The van der Waals surface area contributed by atoms with E-state index in [4.69, 9.17) is 5.11 Å². The van der Waals surface area contributed by atoms with Gasteiger partial charge in [-0.2, -0.15) is 0 Å². The summed E-state index contributed by atoms with van der Waals surface area (Å²) in [6.07, 6.45) is 4.86. The zero-order chi connectivity index (χ0) is 12.1. The van der Waals surface area contributed by atoms with E-state index in [1.54, 1.807) is 13.8 Å². The number of carbonyl (C=O) groups is 2. The van der Waals surface area contributed by atoms with Crippen LogP contribution in [-0.4, -0.2) is 23.5 Å². The van der Waals surface area contributed by atoms with Crippen LogP contribution in [0, 0.1) is 17.8 Å². The van der Waals surface area contributed by atoms with Gasteiger partial charge in [0.1, 0.15) is 0 Å². The Kier molecular flexibility index (Phi) is 4.77. The maximum Gasteiger partial charge on any atom is 0.307 e. The molecule has 1 amide bonds. The van der Waals surface area contributed by atoms with Crippen LogP contribution in [0.3, 0.4) is 0 Å². The number of rotatable bonds is 7. The number of carboxylic acid groups (broad SMARTS) is 1. The van der Waals surface area contributed by atoms with Gasteiger partial charge >= 0.3 is 5.97 Å². The van der Waals surface area contributed by atoms with E-state index in [0.717, 1.165) is 12.3 Å². The molecule has 2 atom stereocenters. The number of hydrogen-bond acceptors (Lipinski definition) is 2. The molecule has 1 rings (SSSR count). The van der Waals surface area contributed by atoms with E-state index in [1.165, 1.54) is 19.3 Å². The summed E-state index contributed by atoms with van der Waals surface area (Å²) in [5, 5.41) is 11.6. The van der Waals surface area contributed by atoms with E-state index in [-0.39, 0.29) is 5.91 Å². The largest absolute Gasteiger partial charge is 0.481 e. The standard InChI is InChI=1S/C12H21NO3/c1-8(9(2)12(15)16)11(14)13-7-3-4-10-5-6-10/h8-10H,3-7H2,1-2H3,(H,13,14)(H,15,16). The molecule has 0 aliphatic heterocycles. The smallest absolute Gasteiger partial charge is 0.307 e. The van der Waals surface area contributed by atoms with E-state index in [2.05, 4.69) is 5.32 Å². The highest BCUT2D eigenvalue weighted by Gasteiger charge is 2.25. The van der Waals surface area contributed by atoms with Crippen LogP contribution in [0.5, 0.6) is 0 Å². The van der Waals surface area contributed by atoms with Crippen LogP contribution >= 0.6 is 0 Å². The molecule has 1 aliphatic carbocycles. The van der Waals surface area contributed by atoms with Crippen molar-refractivity contribution in [2.45, 2.75) is 39.5 Å². The second-order valence-electron chi connectivity index (χ2n) is 4.79. The second kappa shape index (κ2) is 5.87. The van der Waals surface area contributed by atoms with Gasteiger partial charge in [0.2, 0.25) is 5.91 Å². The minimum absolute atomic E-state index is 0.148. The average Bonchev–Trinajstić information content (AvgIpc) is 3.05. The molecule has 4 nitrogen and oxygen atoms in total. The van der Waals surface area contributed by atoms with Crippen molar-refractivity contribution in [1.29, 1.82) is 0 Å². The van der Waals surface area contributed by atoms with Gasteiger partial charge in [0, 0.05) is 12.5 Å². The van der Waals surface area contributed by atoms with Gasteiger partial charge < -0.3 is 10.4 Å². The van der Waals surface area contributed by atoms with Gasteiger partial charge in [0.05, 0.1) is 5.92 Å². The van der Waals surface area contributed by atoms with E-state index in [1.807, 2.05) is 0 Å². The number of nitrogens with one attached hydrogen (secondary N) is 1. The Morgan fingerprint density at radius 1 is 1.31 bits per heavy atom. The molecule has 0 saturated heterocycles. The summed E-state index contributed by atoms with van der Waals surface area (Å²) in [7, 11) is 0. The van der Waals surface area contributed by atoms with Crippen LogP contribution in [0.15, 0.2) is 0 Å². The molecular weight excluding hydrogens is 206 g/mol. The quantitative estimate of drug-likeness (QED) is 0.650. The van der Waals surface area contributed by atoms with Crippen LogP contribution in [-0.2, 0) is 9.59 Å². The van der Waals surface area contributed by atoms with Gasteiger partial charge in [-0.3, -0.25) is 9.59 Å². The first kappa shape index (κ1) is 13.0. The highest BCUT2D eigenvalue weighted by atomic mass is 16.4. The Morgan fingerprint density at radius 2 is 1.94 bits per heavy atom. The molecule has 4 heteroatoms. The third-order valence-corrected chi connectivity index (χ3v) is 3.34. The summed E-state index contributed by atoms with van der Waals surface area (Å²) in [5.74, 6) is -1.26. The molecule has 0 bridgehead atoms. The highest BCUT2D eigenvalue weighted by Crippen LogP contribution is 2.33. The normalized spacial score (nSPS) is 18.9. The molecular formula is C12H21NO3. The maximum atomic E-state index is 11.6. The molecule has 0 spiro atoms. The predicted molar refractivity (Wildman–Crippen MR) is 60.9 cm³/mol. The van der Waals surface area contributed by atoms with Crippen molar-refractivity contribution < 1.29 is 14.7 Å². The summed E-state index contributed by atoms with van der Waals surface area (Å²) < 4.78 is 0. The van der Waals surface area contributed by atoms with E-state index in [0.29, 0.717) is 6.54 Å². The second-order valence-corrected chi connectivity index (χ2v) is 4.79. The number of carboxylic acids is 1. The monoisotopic (exact) mass is 227 g/mol. The Morgan fingerprint density at radius 3 is 2.44 bits per heavy atom. The van der Waals surface area contributed by atoms with Gasteiger partial charge in [0.25, 0.3) is 0 Å². The number of amides is 1. The first-order valence-electron chi connectivity index (χ1n) is 6.03. The van der Waals surface area contributed by atoms with Gasteiger partial charge in [-0.25, -0.2) is 0 Å². The van der Waals surface area contributed by atoms with E-state index in [9.17, 15) is 9.59 Å². The van der Waals surface area contributed by atoms with E-state index >= 15 is 0 Å². The lowest BCUT2D eigenvalue weighted by molar-refractivity contribution is -0.146. The minimum Gasteiger partial charge on any atom is -0.481 e. The summed E-state index contributed by atoms with van der Waals surface area (Å²) >= 11 is 0. The summed E-state index contributed by atoms with van der Waals surface area (Å²) in [4.78, 5) is 22.3. The number of hydrogen-bond donors (Lipinski definition) is 2. The van der Waals surface area contributed by atoms with Crippen LogP contribution in [0.2, 0.25) is 0 Å². The Hall–Kier alpha value is -1.06. The molecule has 1 saturated carbocycles. The maximum absolute atomic E-state index is 11.6. The molecule has 1 aliphatic rings. The lowest BCUT2D eigenvalue weighted by atomic mass is 9.95. The van der Waals surface area contributed by atoms with Crippen molar-refractivity contribution in [3.05, 3.63) is 0 Å². The lowest BCUT2D eigenvalue weighted by Crippen LogP contribution is -2.35. The topological polar surface area (TPSA) is 66.4 Å². The van der Waals surface area contributed by atoms with Crippen molar-refractivity contribution in [2.75, 3.05) is 6.54 Å². The van der Waals surface area contributed by atoms with Crippen LogP contribution in [0.25, 0.3) is 0 Å². The fourth-order valence-corrected chi connectivity index (χ4v) is 1.61. The molecule has 2 N–H and O–H groups in total. The first-order chi connectivity index (χ1) is 7.52. The molecule has 0 aromatic carbocycles. The Balaban J connectivity index is 2.14. The molecule has 0 heterocycles. The number of carbonyl (C=O) groups excluding carboxylic acids is 1. The molecule has 0 aromatic rings. The van der Waals surface area contributed by atoms with Crippen molar-refractivity contribution >= 4 is 11.9 Å². The number of aliphatic carboxylic acids is 1. The fourth-order valence-electron chi connectivity index (χ4n) is 1.61. The van der Waals surface area contributed by atoms with Crippen LogP contribution in [0.1, 0.15) is 39.5 Å². The SMILES string of the molecule is CC(C(=O)O)C(C)C(=O)NCCCC1CC1. The molecule has 16 heavy (non-hydrogen) atoms. The van der Waals surface area contributed by atoms with Gasteiger partial charge in [-0.15, -0.1) is 0 Å². The summed E-state index contributed by atoms with van der Waals surface area (Å²) in [6.45, 7) is 3.90. The molecule has 0 radical (unpaired) electrons. The molecule has 92 valence electrons. The average molecular weight is 227 g/mol. The van der Waals surface area contributed by atoms with Crippen LogP contribution in [0.4, 0.5) is 0 Å². The van der Waals surface area contributed by atoms with Gasteiger partial charge in [0.15, 0.2) is 0 Å².